The summed E-state index contributed by atoms with van der Waals surface area (Å²) in [6, 6.07) is 7.72. The lowest BCUT2D eigenvalue weighted by atomic mass is 10.1. The average Bonchev–Trinajstić information content (AvgIpc) is 2.92. The number of para-hydroxylation sites is 1. The number of benzene rings is 1. The molecule has 3 aromatic rings. The van der Waals surface area contributed by atoms with Crippen molar-refractivity contribution in [1.29, 1.82) is 0 Å². The number of nitrogens with two attached hydrogens (primary N) is 1. The number of halogens is 1. The molecule has 1 aromatic carbocycles. The van der Waals surface area contributed by atoms with Gasteiger partial charge in [-0.2, -0.15) is 0 Å². The fourth-order valence-electron chi connectivity index (χ4n) is 2.17. The monoisotopic (exact) mass is 272 g/mol. The summed E-state index contributed by atoms with van der Waals surface area (Å²) in [4.78, 5) is 3.98. The second kappa shape index (κ2) is 4.94. The van der Waals surface area contributed by atoms with Crippen LogP contribution in [0.15, 0.2) is 47.1 Å². The van der Waals surface area contributed by atoms with Crippen LogP contribution in [0, 0.1) is 5.82 Å². The molecule has 1 atom stereocenters. The summed E-state index contributed by atoms with van der Waals surface area (Å²) in [5, 5.41) is 0.684. The first kappa shape index (κ1) is 12.6. The van der Waals surface area contributed by atoms with Crippen LogP contribution in [0.5, 0.6) is 5.75 Å². The van der Waals surface area contributed by atoms with Gasteiger partial charge in [0.25, 0.3) is 0 Å². The molecule has 0 amide bonds. The molecule has 2 aromatic heterocycles. The van der Waals surface area contributed by atoms with Crippen LogP contribution in [0.3, 0.4) is 0 Å². The van der Waals surface area contributed by atoms with Gasteiger partial charge in [-0.1, -0.05) is 12.1 Å². The van der Waals surface area contributed by atoms with Gasteiger partial charge in [0.05, 0.1) is 19.3 Å². The second-order valence-electron chi connectivity index (χ2n) is 4.40. The van der Waals surface area contributed by atoms with Crippen LogP contribution in [0.4, 0.5) is 4.39 Å². The number of hydrogen-bond acceptors (Lipinski definition) is 4. The van der Waals surface area contributed by atoms with Gasteiger partial charge >= 0.3 is 0 Å². The number of furan rings is 1. The summed E-state index contributed by atoms with van der Waals surface area (Å²) in [6.07, 6.45) is 3.21. The first-order chi connectivity index (χ1) is 9.70. The molecule has 1 unspecified atom stereocenters. The van der Waals surface area contributed by atoms with E-state index in [1.54, 1.807) is 43.8 Å². The van der Waals surface area contributed by atoms with Crippen molar-refractivity contribution in [1.82, 2.24) is 4.98 Å². The van der Waals surface area contributed by atoms with Crippen molar-refractivity contribution in [2.24, 2.45) is 5.73 Å². The Hall–Kier alpha value is -2.40. The minimum Gasteiger partial charge on any atom is -0.495 e. The number of rotatable bonds is 3. The fraction of sp³-hybridized carbons (Fsp3) is 0.133. The molecule has 0 radical (unpaired) electrons. The Balaban J connectivity index is 2.08. The third kappa shape index (κ3) is 2.02. The van der Waals surface area contributed by atoms with Gasteiger partial charge in [-0.3, -0.25) is 4.98 Å². The Labute approximate surface area is 115 Å². The van der Waals surface area contributed by atoms with Crippen molar-refractivity contribution in [2.75, 3.05) is 7.11 Å². The highest BCUT2D eigenvalue weighted by Crippen LogP contribution is 2.31. The van der Waals surface area contributed by atoms with E-state index in [1.807, 2.05) is 0 Å². The Morgan fingerprint density at radius 2 is 2.20 bits per heavy atom. The van der Waals surface area contributed by atoms with Gasteiger partial charge in [0, 0.05) is 17.1 Å². The van der Waals surface area contributed by atoms with Gasteiger partial charge in [-0.25, -0.2) is 4.39 Å². The highest BCUT2D eigenvalue weighted by Gasteiger charge is 2.19. The first-order valence-electron chi connectivity index (χ1n) is 6.12. The largest absolute Gasteiger partial charge is 0.495 e. The normalized spacial score (nSPS) is 12.6. The topological polar surface area (TPSA) is 61.3 Å². The zero-order valence-electron chi connectivity index (χ0n) is 10.8. The minimum absolute atomic E-state index is 0.214. The van der Waals surface area contributed by atoms with Gasteiger partial charge < -0.3 is 14.9 Å². The molecule has 0 aliphatic heterocycles. The molecule has 2 N–H and O–H groups in total. The van der Waals surface area contributed by atoms with E-state index in [9.17, 15) is 4.39 Å². The standard InChI is InChI=1S/C15H13FN2O2/c1-19-13-8-18-6-5-10(13)14(17)12-7-9-3-2-4-11(16)15(9)20-12/h2-8,14H,17H2,1H3. The number of aromatic nitrogens is 1. The number of fused-ring (bicyclic) bond motifs is 1. The molecule has 0 bridgehead atoms. The van der Waals surface area contributed by atoms with Crippen LogP contribution in [0.1, 0.15) is 17.4 Å². The summed E-state index contributed by atoms with van der Waals surface area (Å²) < 4.78 is 24.4. The number of methoxy groups -OCH3 is 1. The molecular formula is C15H13FN2O2. The molecule has 0 saturated heterocycles. The molecular weight excluding hydrogens is 259 g/mol. The SMILES string of the molecule is COc1cnccc1C(N)c1cc2cccc(F)c2o1. The Morgan fingerprint density at radius 3 is 2.95 bits per heavy atom. The van der Waals surface area contributed by atoms with Crippen LogP contribution in [0.25, 0.3) is 11.0 Å². The average molecular weight is 272 g/mol. The maximum Gasteiger partial charge on any atom is 0.169 e. The number of ether oxygens (including phenoxy) is 1. The molecule has 0 spiro atoms. The molecule has 0 aliphatic carbocycles. The molecule has 102 valence electrons. The van der Waals surface area contributed by atoms with E-state index >= 15 is 0 Å². The lowest BCUT2D eigenvalue weighted by Crippen LogP contribution is -2.12. The van der Waals surface area contributed by atoms with E-state index in [2.05, 4.69) is 4.98 Å². The minimum atomic E-state index is -0.542. The van der Waals surface area contributed by atoms with E-state index in [4.69, 9.17) is 14.9 Å². The van der Waals surface area contributed by atoms with Gasteiger partial charge in [0.2, 0.25) is 0 Å². The van der Waals surface area contributed by atoms with Gasteiger partial charge in [0.15, 0.2) is 11.4 Å². The lowest BCUT2D eigenvalue weighted by Gasteiger charge is -2.12. The smallest absolute Gasteiger partial charge is 0.169 e. The van der Waals surface area contributed by atoms with Crippen molar-refractivity contribution in [3.05, 3.63) is 59.9 Å². The van der Waals surface area contributed by atoms with Crippen molar-refractivity contribution in [3.8, 4) is 5.75 Å². The molecule has 5 heteroatoms. The fourth-order valence-corrected chi connectivity index (χ4v) is 2.17. The van der Waals surface area contributed by atoms with Crippen LogP contribution < -0.4 is 10.5 Å². The lowest BCUT2D eigenvalue weighted by molar-refractivity contribution is 0.402. The zero-order valence-corrected chi connectivity index (χ0v) is 10.8. The van der Waals surface area contributed by atoms with Crippen LogP contribution >= 0.6 is 0 Å². The van der Waals surface area contributed by atoms with E-state index in [-0.39, 0.29) is 5.58 Å². The zero-order chi connectivity index (χ0) is 14.1. The number of pyridine rings is 1. The quantitative estimate of drug-likeness (QED) is 0.796. The van der Waals surface area contributed by atoms with Crippen molar-refractivity contribution in [2.45, 2.75) is 6.04 Å². The van der Waals surface area contributed by atoms with Crippen LogP contribution in [0.2, 0.25) is 0 Å². The van der Waals surface area contributed by atoms with E-state index in [1.165, 1.54) is 6.07 Å². The molecule has 0 fully saturated rings. The highest BCUT2D eigenvalue weighted by atomic mass is 19.1. The summed E-state index contributed by atoms with van der Waals surface area (Å²) >= 11 is 0. The van der Waals surface area contributed by atoms with E-state index < -0.39 is 11.9 Å². The molecule has 4 nitrogen and oxygen atoms in total. The summed E-state index contributed by atoms with van der Waals surface area (Å²) in [5.41, 5.74) is 7.13. The van der Waals surface area contributed by atoms with E-state index in [0.29, 0.717) is 16.9 Å². The Bertz CT molecular complexity index is 754. The molecule has 20 heavy (non-hydrogen) atoms. The van der Waals surface area contributed by atoms with E-state index in [0.717, 1.165) is 5.56 Å². The van der Waals surface area contributed by atoms with Crippen molar-refractivity contribution in [3.63, 3.8) is 0 Å². The molecule has 3 rings (SSSR count). The summed E-state index contributed by atoms with van der Waals surface area (Å²) in [6.45, 7) is 0. The first-order valence-corrected chi connectivity index (χ1v) is 6.12. The van der Waals surface area contributed by atoms with Crippen LogP contribution in [-0.2, 0) is 0 Å². The highest BCUT2D eigenvalue weighted by molar-refractivity contribution is 5.78. The predicted molar refractivity (Wildman–Crippen MR) is 73.0 cm³/mol. The van der Waals surface area contributed by atoms with Crippen molar-refractivity contribution >= 4 is 11.0 Å². The maximum absolute atomic E-state index is 13.6. The molecule has 0 aliphatic rings. The van der Waals surface area contributed by atoms with Crippen molar-refractivity contribution < 1.29 is 13.5 Å². The van der Waals surface area contributed by atoms with Gasteiger partial charge in [0.1, 0.15) is 11.5 Å². The predicted octanol–water partition coefficient (Wildman–Crippen LogP) is 3.02. The maximum atomic E-state index is 13.6. The molecule has 0 saturated carbocycles. The molecule has 2 heterocycles. The Kier molecular flexibility index (Phi) is 3.12. The summed E-state index contributed by atoms with van der Waals surface area (Å²) in [7, 11) is 1.55. The third-order valence-electron chi connectivity index (χ3n) is 3.19. The number of hydrogen-bond donors (Lipinski definition) is 1. The van der Waals surface area contributed by atoms with Gasteiger partial charge in [-0.15, -0.1) is 0 Å². The Morgan fingerprint density at radius 1 is 1.35 bits per heavy atom. The third-order valence-corrected chi connectivity index (χ3v) is 3.19. The van der Waals surface area contributed by atoms with Crippen LogP contribution in [-0.4, -0.2) is 12.1 Å². The summed E-state index contributed by atoms with van der Waals surface area (Å²) in [5.74, 6) is 0.651. The van der Waals surface area contributed by atoms with Gasteiger partial charge in [-0.05, 0) is 18.2 Å². The number of nitrogens with zero attached hydrogens (tertiary/aromatic N) is 1. The second-order valence-corrected chi connectivity index (χ2v) is 4.40.